The van der Waals surface area contributed by atoms with E-state index in [1.165, 1.54) is 26.4 Å². The molecule has 39 heavy (non-hydrogen) atoms. The van der Waals surface area contributed by atoms with E-state index in [9.17, 15) is 30.3 Å². The minimum atomic E-state index is -2.31. The molecule has 3 saturated carbocycles. The summed E-state index contributed by atoms with van der Waals surface area (Å²) in [4.78, 5) is 14.0. The maximum Gasteiger partial charge on any atom is 0.170 e. The number of carbonyl (C=O) groups is 1. The van der Waals surface area contributed by atoms with Crippen LogP contribution in [-0.4, -0.2) is 85.7 Å². The predicted molar refractivity (Wildman–Crippen MR) is 147 cm³/mol. The van der Waals surface area contributed by atoms with Gasteiger partial charge in [-0.2, -0.15) is 0 Å². The molecule has 4 rings (SSSR count). The number of fused-ring (bicyclic) bond motifs is 5. The molecule has 0 amide bonds. The van der Waals surface area contributed by atoms with Crippen LogP contribution in [0.5, 0.6) is 0 Å². The molecule has 224 valence electrons. The summed E-state index contributed by atoms with van der Waals surface area (Å²) < 4.78 is 11.9. The van der Waals surface area contributed by atoms with Gasteiger partial charge in [0.2, 0.25) is 0 Å². The molecular formula is C31H52O8. The number of rotatable bonds is 11. The molecule has 4 fully saturated rings. The molecule has 0 radical (unpaired) electrons. The topological polar surface area (TPSA) is 140 Å². The first-order valence-corrected chi connectivity index (χ1v) is 15.1. The number of hydrogen-bond acceptors (Lipinski definition) is 8. The number of unbranched alkanes of at least 4 members (excludes halogenated alkanes) is 5. The summed E-state index contributed by atoms with van der Waals surface area (Å²) in [6, 6.07) is 0. The summed E-state index contributed by atoms with van der Waals surface area (Å²) in [6.45, 7) is 12.9. The zero-order valence-electron chi connectivity index (χ0n) is 24.7. The highest BCUT2D eigenvalue weighted by molar-refractivity contribution is 5.93. The molecular weight excluding hydrogens is 500 g/mol. The average molecular weight is 553 g/mol. The van der Waals surface area contributed by atoms with Crippen molar-refractivity contribution in [3.8, 4) is 0 Å². The van der Waals surface area contributed by atoms with Crippen molar-refractivity contribution in [2.45, 2.75) is 127 Å². The summed E-state index contributed by atoms with van der Waals surface area (Å²) in [5.74, 6) is -4.10. The van der Waals surface area contributed by atoms with Crippen LogP contribution in [0, 0.1) is 35.5 Å². The molecule has 0 aromatic carbocycles. The first kappa shape index (κ1) is 31.1. The van der Waals surface area contributed by atoms with Gasteiger partial charge in [0.05, 0.1) is 18.3 Å². The number of aliphatic hydroxyl groups is 5. The van der Waals surface area contributed by atoms with Gasteiger partial charge < -0.3 is 35.0 Å². The highest BCUT2D eigenvalue weighted by Crippen LogP contribution is 2.68. The van der Waals surface area contributed by atoms with E-state index in [2.05, 4.69) is 20.4 Å². The second-order valence-corrected chi connectivity index (χ2v) is 13.5. The highest BCUT2D eigenvalue weighted by atomic mass is 16.6. The molecule has 8 nitrogen and oxygen atoms in total. The van der Waals surface area contributed by atoms with Gasteiger partial charge in [-0.05, 0) is 36.7 Å². The molecule has 0 unspecified atom stereocenters. The summed E-state index contributed by atoms with van der Waals surface area (Å²) in [5.41, 5.74) is -6.71. The third-order valence-corrected chi connectivity index (χ3v) is 11.4. The van der Waals surface area contributed by atoms with E-state index in [0.29, 0.717) is 5.57 Å². The number of ether oxygens (including phenoxy) is 2. The zero-order chi connectivity index (χ0) is 29.1. The van der Waals surface area contributed by atoms with Crippen LogP contribution in [0.3, 0.4) is 0 Å². The van der Waals surface area contributed by atoms with Gasteiger partial charge in [0.25, 0.3) is 0 Å². The SMILES string of the molecule is C=C(C)[C@]1(O)C[C@@H](C)[C@@]2(O)[C@H]([C@H]1OC)[C@@H]1O[C@]1(CO)[C@@H](O)[C@]1(O)C(=O)[C@@H](C)[C@H]([C@H](C)CCCCCCCC)[C@@H]12. The molecule has 4 aliphatic rings. The van der Waals surface area contributed by atoms with Crippen molar-refractivity contribution < 1.29 is 39.8 Å². The quantitative estimate of drug-likeness (QED) is 0.150. The summed E-state index contributed by atoms with van der Waals surface area (Å²) in [7, 11) is 1.45. The minimum Gasteiger partial charge on any atom is -0.393 e. The van der Waals surface area contributed by atoms with Crippen molar-refractivity contribution in [3.05, 3.63) is 12.2 Å². The molecule has 5 N–H and O–H groups in total. The van der Waals surface area contributed by atoms with Crippen LogP contribution in [0.15, 0.2) is 12.2 Å². The lowest BCUT2D eigenvalue weighted by atomic mass is 9.52. The van der Waals surface area contributed by atoms with Gasteiger partial charge in [0, 0.05) is 24.9 Å². The van der Waals surface area contributed by atoms with Gasteiger partial charge in [0.15, 0.2) is 11.4 Å². The fraction of sp³-hybridized carbons (Fsp3) is 0.903. The third-order valence-electron chi connectivity index (χ3n) is 11.4. The largest absolute Gasteiger partial charge is 0.393 e. The number of ketones is 1. The van der Waals surface area contributed by atoms with Crippen LogP contribution >= 0.6 is 0 Å². The molecule has 1 aliphatic heterocycles. The Morgan fingerprint density at radius 1 is 1.15 bits per heavy atom. The summed E-state index contributed by atoms with van der Waals surface area (Å²) in [6.07, 6.45) is 4.13. The maximum atomic E-state index is 14.0. The van der Waals surface area contributed by atoms with Gasteiger partial charge in [-0.25, -0.2) is 0 Å². The van der Waals surface area contributed by atoms with Gasteiger partial charge in [-0.3, -0.25) is 4.79 Å². The van der Waals surface area contributed by atoms with E-state index >= 15 is 0 Å². The molecule has 1 saturated heterocycles. The number of epoxide rings is 1. The molecule has 0 aromatic rings. The lowest BCUT2D eigenvalue weighted by Crippen LogP contribution is -2.71. The van der Waals surface area contributed by atoms with Gasteiger partial charge in [-0.1, -0.05) is 79.2 Å². The van der Waals surface area contributed by atoms with Crippen LogP contribution in [0.4, 0.5) is 0 Å². The Labute approximate surface area is 233 Å². The van der Waals surface area contributed by atoms with E-state index in [1.54, 1.807) is 13.8 Å². The molecule has 0 bridgehead atoms. The predicted octanol–water partition coefficient (Wildman–Crippen LogP) is 2.77. The number of Topliss-reactive ketones (excluding diaryl/α,β-unsaturated/α-hetero) is 1. The van der Waals surface area contributed by atoms with Gasteiger partial charge in [-0.15, -0.1) is 0 Å². The second kappa shape index (κ2) is 10.8. The Hall–Kier alpha value is -0.870. The van der Waals surface area contributed by atoms with Crippen molar-refractivity contribution in [1.29, 1.82) is 0 Å². The van der Waals surface area contributed by atoms with E-state index in [4.69, 9.17) is 9.47 Å². The lowest BCUT2D eigenvalue weighted by Gasteiger charge is -2.59. The lowest BCUT2D eigenvalue weighted by molar-refractivity contribution is -0.267. The fourth-order valence-electron chi connectivity index (χ4n) is 9.18. The van der Waals surface area contributed by atoms with E-state index in [-0.39, 0.29) is 12.3 Å². The van der Waals surface area contributed by atoms with Crippen molar-refractivity contribution in [1.82, 2.24) is 0 Å². The summed E-state index contributed by atoms with van der Waals surface area (Å²) >= 11 is 0. The standard InChI is InChI=1S/C31H52O8/c1-8-9-10-11-12-13-14-18(4)21-20(6)24(33)31(37)23(21)30(36)19(5)15-28(35,17(2)3)25(38-7)22(30)26-29(16-32,39-26)27(31)34/h18-23,25-27,32,34-37H,2,8-16H2,1,3-7H3/t18-,19-,20+,21+,22-,23-,25-,26+,27-,28-,29+,30-,31-/m1/s1. The van der Waals surface area contributed by atoms with Crippen LogP contribution < -0.4 is 0 Å². The summed E-state index contributed by atoms with van der Waals surface area (Å²) in [5, 5.41) is 59.3. The minimum absolute atomic E-state index is 0.0124. The average Bonchev–Trinajstić information content (AvgIpc) is 3.59. The second-order valence-electron chi connectivity index (χ2n) is 13.5. The van der Waals surface area contributed by atoms with Gasteiger partial charge in [0.1, 0.15) is 23.4 Å². The van der Waals surface area contributed by atoms with Crippen molar-refractivity contribution in [2.24, 2.45) is 35.5 Å². The Balaban J connectivity index is 1.80. The number of aliphatic hydroxyl groups excluding tert-OH is 2. The molecule has 13 atom stereocenters. The van der Waals surface area contributed by atoms with E-state index in [0.717, 1.165) is 25.7 Å². The molecule has 0 spiro atoms. The van der Waals surface area contributed by atoms with Crippen LogP contribution in [0.1, 0.15) is 86.0 Å². The molecule has 0 aromatic heterocycles. The third kappa shape index (κ3) is 4.23. The Morgan fingerprint density at radius 3 is 2.33 bits per heavy atom. The molecule has 1 heterocycles. The van der Waals surface area contributed by atoms with Crippen LogP contribution in [0.25, 0.3) is 0 Å². The maximum absolute atomic E-state index is 14.0. The van der Waals surface area contributed by atoms with Crippen molar-refractivity contribution >= 4 is 5.78 Å². The monoisotopic (exact) mass is 552 g/mol. The molecule has 3 aliphatic carbocycles. The van der Waals surface area contributed by atoms with Gasteiger partial charge >= 0.3 is 0 Å². The number of methoxy groups -OCH3 is 1. The van der Waals surface area contributed by atoms with Crippen molar-refractivity contribution in [2.75, 3.05) is 13.7 Å². The molecule has 8 heteroatoms. The van der Waals surface area contributed by atoms with Crippen LogP contribution in [0.2, 0.25) is 0 Å². The smallest absolute Gasteiger partial charge is 0.170 e. The zero-order valence-corrected chi connectivity index (χ0v) is 24.7. The number of carbonyl (C=O) groups excluding carboxylic acids is 1. The first-order chi connectivity index (χ1) is 18.2. The number of hydrogen-bond donors (Lipinski definition) is 5. The van der Waals surface area contributed by atoms with E-state index < -0.39 is 82.7 Å². The highest BCUT2D eigenvalue weighted by Gasteiger charge is 2.85. The normalized spacial score (nSPS) is 49.6. The Kier molecular flexibility index (Phi) is 8.57. The van der Waals surface area contributed by atoms with Crippen molar-refractivity contribution in [3.63, 3.8) is 0 Å². The van der Waals surface area contributed by atoms with E-state index in [1.807, 2.05) is 6.92 Å². The Bertz CT molecular complexity index is 940. The first-order valence-electron chi connectivity index (χ1n) is 15.1. The fourth-order valence-corrected chi connectivity index (χ4v) is 9.18. The van der Waals surface area contributed by atoms with Crippen LogP contribution in [-0.2, 0) is 14.3 Å². The Morgan fingerprint density at radius 2 is 1.77 bits per heavy atom.